The molecule has 0 atom stereocenters. The first-order valence-electron chi connectivity index (χ1n) is 4.10. The number of aryl methyl sites for hydroxylation is 1. The lowest BCUT2D eigenvalue weighted by atomic mass is 10.1. The van der Waals surface area contributed by atoms with E-state index in [9.17, 15) is 0 Å². The lowest BCUT2D eigenvalue weighted by Crippen LogP contribution is -1.84. The van der Waals surface area contributed by atoms with Gasteiger partial charge in [0.2, 0.25) is 0 Å². The van der Waals surface area contributed by atoms with Gasteiger partial charge in [-0.2, -0.15) is 0 Å². The van der Waals surface area contributed by atoms with Crippen LogP contribution in [0.1, 0.15) is 12.5 Å². The Labute approximate surface area is 71.3 Å². The van der Waals surface area contributed by atoms with E-state index in [1.165, 1.54) is 5.56 Å². The molecule has 2 heteroatoms. The number of rotatable bonds is 1. The van der Waals surface area contributed by atoms with Crippen LogP contribution >= 0.6 is 0 Å². The van der Waals surface area contributed by atoms with E-state index in [1.807, 2.05) is 6.07 Å². The summed E-state index contributed by atoms with van der Waals surface area (Å²) in [4.78, 5) is 8.42. The van der Waals surface area contributed by atoms with Crippen molar-refractivity contribution < 1.29 is 0 Å². The summed E-state index contributed by atoms with van der Waals surface area (Å²) in [5, 5.41) is 0. The summed E-state index contributed by atoms with van der Waals surface area (Å²) in [5.41, 5.74) is 3.26. The van der Waals surface area contributed by atoms with Gasteiger partial charge in [0, 0.05) is 12.4 Å². The Balaban J connectivity index is 2.67. The van der Waals surface area contributed by atoms with Gasteiger partial charge in [-0.25, -0.2) is 0 Å². The second-order valence-electron chi connectivity index (χ2n) is 2.73. The maximum absolute atomic E-state index is 4.23. The van der Waals surface area contributed by atoms with Crippen molar-refractivity contribution in [2.24, 2.45) is 0 Å². The number of hydrogen-bond acceptors (Lipinski definition) is 2. The molecule has 0 N–H and O–H groups in total. The zero-order valence-corrected chi connectivity index (χ0v) is 6.99. The van der Waals surface area contributed by atoms with Crippen LogP contribution in [0.3, 0.4) is 0 Å². The summed E-state index contributed by atoms with van der Waals surface area (Å²) in [7, 11) is 0. The Morgan fingerprint density at radius 1 is 1.08 bits per heavy atom. The molecule has 0 spiro atoms. The van der Waals surface area contributed by atoms with E-state index in [0.29, 0.717) is 0 Å². The molecule has 2 aromatic rings. The van der Waals surface area contributed by atoms with Gasteiger partial charge in [0.15, 0.2) is 0 Å². The quantitative estimate of drug-likeness (QED) is 0.635. The molecule has 0 fully saturated rings. The van der Waals surface area contributed by atoms with Crippen LogP contribution < -0.4 is 0 Å². The van der Waals surface area contributed by atoms with Gasteiger partial charge in [-0.05, 0) is 24.1 Å². The predicted octanol–water partition coefficient (Wildman–Crippen LogP) is 2.19. The van der Waals surface area contributed by atoms with E-state index in [1.54, 1.807) is 12.4 Å². The van der Waals surface area contributed by atoms with Gasteiger partial charge in [0.05, 0.1) is 11.0 Å². The lowest BCUT2D eigenvalue weighted by molar-refractivity contribution is 1.14. The van der Waals surface area contributed by atoms with Crippen LogP contribution in [-0.2, 0) is 6.42 Å². The predicted molar refractivity (Wildman–Crippen MR) is 48.9 cm³/mol. The molecule has 2 nitrogen and oxygen atoms in total. The third kappa shape index (κ3) is 1.16. The summed E-state index contributed by atoms with van der Waals surface area (Å²) in [6.45, 7) is 2.14. The Morgan fingerprint density at radius 2 is 1.83 bits per heavy atom. The van der Waals surface area contributed by atoms with Crippen LogP contribution in [-0.4, -0.2) is 9.97 Å². The standard InChI is InChI=1S/C10H10N2/c1-2-8-3-4-9-10(7-8)12-6-5-11-9/h3-7H,2H2,1H3. The molecule has 0 unspecified atom stereocenters. The molecule has 0 aliphatic rings. The zero-order valence-electron chi connectivity index (χ0n) is 6.99. The van der Waals surface area contributed by atoms with Gasteiger partial charge < -0.3 is 0 Å². The largest absolute Gasteiger partial charge is 0.253 e. The highest BCUT2D eigenvalue weighted by Gasteiger charge is 1.94. The van der Waals surface area contributed by atoms with E-state index in [-0.39, 0.29) is 0 Å². The van der Waals surface area contributed by atoms with Crippen LogP contribution in [0.4, 0.5) is 0 Å². The van der Waals surface area contributed by atoms with Crippen molar-refractivity contribution in [2.75, 3.05) is 0 Å². The van der Waals surface area contributed by atoms with Crippen molar-refractivity contribution in [3.63, 3.8) is 0 Å². The van der Waals surface area contributed by atoms with E-state index in [2.05, 4.69) is 29.0 Å². The fourth-order valence-corrected chi connectivity index (χ4v) is 1.23. The Hall–Kier alpha value is -1.44. The second kappa shape index (κ2) is 2.89. The van der Waals surface area contributed by atoms with E-state index >= 15 is 0 Å². The number of nitrogens with zero attached hydrogens (tertiary/aromatic N) is 2. The molecular weight excluding hydrogens is 148 g/mol. The number of benzene rings is 1. The van der Waals surface area contributed by atoms with Crippen LogP contribution in [0.25, 0.3) is 11.0 Å². The van der Waals surface area contributed by atoms with Gasteiger partial charge in [0.1, 0.15) is 0 Å². The Kier molecular flexibility index (Phi) is 1.74. The number of aromatic nitrogens is 2. The normalized spacial score (nSPS) is 10.4. The van der Waals surface area contributed by atoms with Crippen molar-refractivity contribution in [3.05, 3.63) is 36.2 Å². The summed E-state index contributed by atoms with van der Waals surface area (Å²) in [6.07, 6.45) is 4.49. The van der Waals surface area contributed by atoms with Crippen molar-refractivity contribution in [2.45, 2.75) is 13.3 Å². The van der Waals surface area contributed by atoms with Gasteiger partial charge in [-0.1, -0.05) is 13.0 Å². The molecule has 0 aliphatic heterocycles. The molecule has 0 radical (unpaired) electrons. The van der Waals surface area contributed by atoms with Gasteiger partial charge in [-0.15, -0.1) is 0 Å². The minimum absolute atomic E-state index is 0.967. The monoisotopic (exact) mass is 158 g/mol. The van der Waals surface area contributed by atoms with Crippen molar-refractivity contribution in [1.82, 2.24) is 9.97 Å². The molecule has 0 bridgehead atoms. The maximum Gasteiger partial charge on any atom is 0.0889 e. The SMILES string of the molecule is CCc1ccc2nccnc2c1. The van der Waals surface area contributed by atoms with Gasteiger partial charge in [-0.3, -0.25) is 9.97 Å². The minimum Gasteiger partial charge on any atom is -0.253 e. The first-order chi connectivity index (χ1) is 5.90. The Bertz CT molecular complexity index is 396. The molecule has 60 valence electrons. The molecule has 0 aliphatic carbocycles. The molecule has 0 saturated heterocycles. The summed E-state index contributed by atoms with van der Waals surface area (Å²) in [5.74, 6) is 0. The highest BCUT2D eigenvalue weighted by Crippen LogP contribution is 2.10. The third-order valence-electron chi connectivity index (χ3n) is 1.94. The van der Waals surface area contributed by atoms with Crippen LogP contribution in [0.15, 0.2) is 30.6 Å². The average molecular weight is 158 g/mol. The van der Waals surface area contributed by atoms with E-state index < -0.39 is 0 Å². The molecule has 2 rings (SSSR count). The Morgan fingerprint density at radius 3 is 2.58 bits per heavy atom. The average Bonchev–Trinajstić information content (AvgIpc) is 2.17. The third-order valence-corrected chi connectivity index (χ3v) is 1.94. The molecular formula is C10H10N2. The first kappa shape index (κ1) is 7.22. The highest BCUT2D eigenvalue weighted by atomic mass is 14.8. The second-order valence-corrected chi connectivity index (χ2v) is 2.73. The van der Waals surface area contributed by atoms with Crippen LogP contribution in [0, 0.1) is 0 Å². The van der Waals surface area contributed by atoms with Crippen molar-refractivity contribution in [1.29, 1.82) is 0 Å². The molecule has 0 amide bonds. The fourth-order valence-electron chi connectivity index (χ4n) is 1.23. The topological polar surface area (TPSA) is 25.8 Å². The van der Waals surface area contributed by atoms with Crippen molar-refractivity contribution in [3.8, 4) is 0 Å². The van der Waals surface area contributed by atoms with E-state index in [0.717, 1.165) is 17.5 Å². The molecule has 1 aromatic carbocycles. The molecule has 1 heterocycles. The smallest absolute Gasteiger partial charge is 0.0889 e. The molecule has 12 heavy (non-hydrogen) atoms. The zero-order chi connectivity index (χ0) is 8.39. The van der Waals surface area contributed by atoms with Crippen molar-refractivity contribution >= 4 is 11.0 Å². The van der Waals surface area contributed by atoms with Gasteiger partial charge >= 0.3 is 0 Å². The molecule has 1 aromatic heterocycles. The molecule has 0 saturated carbocycles. The summed E-state index contributed by atoms with van der Waals surface area (Å²) >= 11 is 0. The maximum atomic E-state index is 4.23. The summed E-state index contributed by atoms with van der Waals surface area (Å²) in [6, 6.07) is 6.19. The van der Waals surface area contributed by atoms with Gasteiger partial charge in [0.25, 0.3) is 0 Å². The van der Waals surface area contributed by atoms with E-state index in [4.69, 9.17) is 0 Å². The minimum atomic E-state index is 0.967. The first-order valence-corrected chi connectivity index (χ1v) is 4.10. The van der Waals surface area contributed by atoms with Crippen LogP contribution in [0.5, 0.6) is 0 Å². The van der Waals surface area contributed by atoms with Crippen LogP contribution in [0.2, 0.25) is 0 Å². The number of hydrogen-bond donors (Lipinski definition) is 0. The highest BCUT2D eigenvalue weighted by molar-refractivity contribution is 5.74. The fraction of sp³-hybridized carbons (Fsp3) is 0.200. The summed E-state index contributed by atoms with van der Waals surface area (Å²) < 4.78 is 0. The lowest BCUT2D eigenvalue weighted by Gasteiger charge is -1.97. The number of fused-ring (bicyclic) bond motifs is 1.